The average molecular weight is 297 g/mol. The van der Waals surface area contributed by atoms with Crippen molar-refractivity contribution in [1.82, 2.24) is 0 Å². The van der Waals surface area contributed by atoms with Crippen molar-refractivity contribution < 1.29 is 24.3 Å². The van der Waals surface area contributed by atoms with Gasteiger partial charge in [-0.15, -0.1) is 0 Å². The van der Waals surface area contributed by atoms with Crippen molar-refractivity contribution in [3.8, 4) is 0 Å². The Morgan fingerprint density at radius 3 is 2.12 bits per heavy atom. The molecule has 6 heteroatoms. The van der Waals surface area contributed by atoms with Crippen molar-refractivity contribution >= 4 is 27.9 Å². The number of quaternary nitrogens is 1. The summed E-state index contributed by atoms with van der Waals surface area (Å²) >= 11 is 3.26. The van der Waals surface area contributed by atoms with Crippen molar-refractivity contribution in [2.24, 2.45) is 0 Å². The first-order chi connectivity index (χ1) is 7.43. The molecule has 16 heavy (non-hydrogen) atoms. The number of carboxylic acids is 2. The Morgan fingerprint density at radius 1 is 1.31 bits per heavy atom. The van der Waals surface area contributed by atoms with Gasteiger partial charge < -0.3 is 14.7 Å². The molecule has 5 nitrogen and oxygen atoms in total. The van der Waals surface area contributed by atoms with Crippen LogP contribution in [0.5, 0.6) is 0 Å². The Labute approximate surface area is 104 Å². The van der Waals surface area contributed by atoms with Crippen molar-refractivity contribution in [2.45, 2.75) is 26.3 Å². The predicted molar refractivity (Wildman–Crippen MR) is 63.7 cm³/mol. The molecule has 0 spiro atoms. The van der Waals surface area contributed by atoms with Crippen LogP contribution in [-0.2, 0) is 9.59 Å². The summed E-state index contributed by atoms with van der Waals surface area (Å²) in [5, 5.41) is 18.7. The van der Waals surface area contributed by atoms with E-state index in [1.807, 2.05) is 6.92 Å². The van der Waals surface area contributed by atoms with Gasteiger partial charge in [-0.05, 0) is 6.92 Å². The molecule has 0 aromatic rings. The Balaban J connectivity index is 5.12. The highest BCUT2D eigenvalue weighted by Crippen LogP contribution is 2.18. The van der Waals surface area contributed by atoms with E-state index in [0.29, 0.717) is 24.8 Å². The fourth-order valence-corrected chi connectivity index (χ4v) is 2.78. The molecule has 0 heterocycles. The quantitative estimate of drug-likeness (QED) is 0.521. The van der Waals surface area contributed by atoms with Gasteiger partial charge in [0.25, 0.3) is 0 Å². The molecule has 0 aliphatic carbocycles. The molecule has 94 valence electrons. The van der Waals surface area contributed by atoms with E-state index < -0.39 is 18.0 Å². The topological polar surface area (TPSA) is 74.6 Å². The third-order valence-electron chi connectivity index (χ3n) is 2.94. The minimum atomic E-state index is -0.956. The Hall–Kier alpha value is -0.620. The van der Waals surface area contributed by atoms with Crippen LogP contribution >= 0.6 is 15.9 Å². The van der Waals surface area contributed by atoms with Crippen LogP contribution < -0.4 is 0 Å². The maximum atomic E-state index is 11.2. The van der Waals surface area contributed by atoms with Gasteiger partial charge in [0, 0.05) is 6.42 Å². The third kappa shape index (κ3) is 3.75. The lowest BCUT2D eigenvalue weighted by Gasteiger charge is -2.40. The minimum absolute atomic E-state index is 0.0897. The lowest BCUT2D eigenvalue weighted by molar-refractivity contribution is -0.933. The molecule has 0 rings (SSSR count). The number of likely N-dealkylation sites (N-methyl/N-ethyl adjacent to an activating group) is 1. The molecule has 0 fully saturated rings. The van der Waals surface area contributed by atoms with Crippen LogP contribution in [0.3, 0.4) is 0 Å². The van der Waals surface area contributed by atoms with E-state index in [2.05, 4.69) is 15.9 Å². The molecule has 2 atom stereocenters. The standard InChI is InChI=1S/C10H18BrNO4/c1-3-8(10(15)16)12(4-2,6-5-11)7-9(13)14/h8H,3-7H2,1-2H3,(H-,13,14,15,16)/p+1. The van der Waals surface area contributed by atoms with Gasteiger partial charge >= 0.3 is 11.9 Å². The Kier molecular flexibility index (Phi) is 6.59. The van der Waals surface area contributed by atoms with Gasteiger partial charge in [-0.1, -0.05) is 22.9 Å². The molecular weight excluding hydrogens is 278 g/mol. The van der Waals surface area contributed by atoms with Crippen molar-refractivity contribution in [3.05, 3.63) is 0 Å². The molecular formula is C10H19BrNO4+. The number of alkyl halides is 1. The van der Waals surface area contributed by atoms with E-state index in [-0.39, 0.29) is 11.0 Å². The number of rotatable bonds is 8. The summed E-state index contributed by atoms with van der Waals surface area (Å²) in [6.07, 6.45) is 0.434. The first-order valence-electron chi connectivity index (χ1n) is 5.29. The molecule has 0 aliphatic rings. The number of hydrogen-bond donors (Lipinski definition) is 2. The average Bonchev–Trinajstić information content (AvgIpc) is 2.17. The fourth-order valence-electron chi connectivity index (χ4n) is 2.07. The number of halogens is 1. The molecule has 0 amide bonds. The lowest BCUT2D eigenvalue weighted by atomic mass is 10.1. The first-order valence-corrected chi connectivity index (χ1v) is 6.42. The molecule has 0 aromatic carbocycles. The van der Waals surface area contributed by atoms with Crippen LogP contribution in [0.1, 0.15) is 20.3 Å². The van der Waals surface area contributed by atoms with E-state index in [1.54, 1.807) is 6.92 Å². The second kappa shape index (κ2) is 6.85. The number of hydrogen-bond acceptors (Lipinski definition) is 2. The fraction of sp³-hybridized carbons (Fsp3) is 0.800. The SMILES string of the molecule is CCC(C(=O)O)[N+](CC)(CCBr)CC(=O)O. The second-order valence-electron chi connectivity index (χ2n) is 3.76. The van der Waals surface area contributed by atoms with Gasteiger partial charge in [0.1, 0.15) is 0 Å². The zero-order valence-corrected chi connectivity index (χ0v) is 11.2. The van der Waals surface area contributed by atoms with Gasteiger partial charge in [-0.3, -0.25) is 0 Å². The van der Waals surface area contributed by atoms with Crippen molar-refractivity contribution in [3.63, 3.8) is 0 Å². The lowest BCUT2D eigenvalue weighted by Crippen LogP contribution is -2.61. The normalized spacial score (nSPS) is 16.4. The molecule has 2 unspecified atom stereocenters. The van der Waals surface area contributed by atoms with E-state index in [9.17, 15) is 9.59 Å². The highest BCUT2D eigenvalue weighted by Gasteiger charge is 2.40. The van der Waals surface area contributed by atoms with Crippen molar-refractivity contribution in [1.29, 1.82) is 0 Å². The van der Waals surface area contributed by atoms with E-state index >= 15 is 0 Å². The van der Waals surface area contributed by atoms with Gasteiger partial charge in [0.05, 0.1) is 18.4 Å². The molecule has 0 radical (unpaired) electrons. The van der Waals surface area contributed by atoms with Gasteiger partial charge in [0.15, 0.2) is 12.6 Å². The summed E-state index contributed by atoms with van der Waals surface area (Å²) in [4.78, 5) is 22.0. The van der Waals surface area contributed by atoms with E-state index in [1.165, 1.54) is 0 Å². The third-order valence-corrected chi connectivity index (χ3v) is 3.30. The molecule has 0 saturated heterocycles. The maximum absolute atomic E-state index is 11.2. The second-order valence-corrected chi connectivity index (χ2v) is 4.55. The van der Waals surface area contributed by atoms with Gasteiger partial charge in [-0.25, -0.2) is 9.59 Å². The minimum Gasteiger partial charge on any atom is -0.477 e. The molecule has 0 bridgehead atoms. The molecule has 0 saturated carbocycles. The monoisotopic (exact) mass is 296 g/mol. The number of nitrogens with zero attached hydrogens (tertiary/aromatic N) is 1. The summed E-state index contributed by atoms with van der Waals surface area (Å²) < 4.78 is 0.0897. The van der Waals surface area contributed by atoms with E-state index in [4.69, 9.17) is 10.2 Å². The highest BCUT2D eigenvalue weighted by atomic mass is 79.9. The Morgan fingerprint density at radius 2 is 1.88 bits per heavy atom. The summed E-state index contributed by atoms with van der Waals surface area (Å²) in [5.41, 5.74) is 0. The van der Waals surface area contributed by atoms with Crippen LogP contribution in [0, 0.1) is 0 Å². The van der Waals surface area contributed by atoms with E-state index in [0.717, 1.165) is 0 Å². The molecule has 2 N–H and O–H groups in total. The van der Waals surface area contributed by atoms with Crippen LogP contribution in [-0.4, -0.2) is 57.6 Å². The summed E-state index contributed by atoms with van der Waals surface area (Å²) in [5.74, 6) is -1.88. The van der Waals surface area contributed by atoms with Crippen LogP contribution in [0.25, 0.3) is 0 Å². The smallest absolute Gasteiger partial charge is 0.362 e. The zero-order valence-electron chi connectivity index (χ0n) is 9.65. The summed E-state index contributed by atoms with van der Waals surface area (Å²) in [6, 6.07) is -0.654. The zero-order chi connectivity index (χ0) is 12.8. The largest absolute Gasteiger partial charge is 0.477 e. The summed E-state index contributed by atoms with van der Waals surface area (Å²) in [7, 11) is 0. The number of carboxylic acid groups (broad SMARTS) is 2. The summed E-state index contributed by atoms with van der Waals surface area (Å²) in [6.45, 7) is 4.47. The van der Waals surface area contributed by atoms with Gasteiger partial charge in [-0.2, -0.15) is 0 Å². The van der Waals surface area contributed by atoms with Crippen LogP contribution in [0.15, 0.2) is 0 Å². The molecule has 0 aliphatic heterocycles. The van der Waals surface area contributed by atoms with Crippen molar-refractivity contribution in [2.75, 3.05) is 25.0 Å². The maximum Gasteiger partial charge on any atom is 0.362 e. The highest BCUT2D eigenvalue weighted by molar-refractivity contribution is 9.09. The van der Waals surface area contributed by atoms with Gasteiger partial charge in [0.2, 0.25) is 0 Å². The predicted octanol–water partition coefficient (Wildman–Crippen LogP) is 1.17. The number of aliphatic carboxylic acids is 2. The number of carbonyl (C=O) groups is 2. The van der Waals surface area contributed by atoms with Crippen LogP contribution in [0.4, 0.5) is 0 Å². The molecule has 0 aromatic heterocycles. The van der Waals surface area contributed by atoms with Crippen LogP contribution in [0.2, 0.25) is 0 Å². The first kappa shape index (κ1) is 15.4. The Bertz CT molecular complexity index is 259.